The van der Waals surface area contributed by atoms with Gasteiger partial charge in [0.15, 0.2) is 0 Å². The van der Waals surface area contributed by atoms with E-state index in [9.17, 15) is 13.6 Å². The number of rotatable bonds is 1. The first-order valence-electron chi connectivity index (χ1n) is 4.12. The number of carboxylic acids is 1. The van der Waals surface area contributed by atoms with Crippen LogP contribution < -0.4 is 0 Å². The third-order valence-corrected chi connectivity index (χ3v) is 2.10. The molecule has 78 valence electrons. The number of carbonyl (C=O) groups is 1. The predicted octanol–water partition coefficient (Wildman–Crippen LogP) is 2.72. The van der Waals surface area contributed by atoms with Gasteiger partial charge in [0, 0.05) is 12.1 Å². The van der Waals surface area contributed by atoms with Crippen LogP contribution in [-0.2, 0) is 0 Å². The Morgan fingerprint density at radius 2 is 2.07 bits per heavy atom. The van der Waals surface area contributed by atoms with E-state index in [1.54, 1.807) is 0 Å². The molecule has 0 radical (unpaired) electrons. The molecule has 0 aliphatic carbocycles. The van der Waals surface area contributed by atoms with Crippen molar-refractivity contribution < 1.29 is 23.1 Å². The minimum Gasteiger partial charge on any atom is -0.478 e. The van der Waals surface area contributed by atoms with Gasteiger partial charge >= 0.3 is 5.97 Å². The first kappa shape index (κ1) is 9.64. The summed E-state index contributed by atoms with van der Waals surface area (Å²) in [6.07, 6.45) is 0. The van der Waals surface area contributed by atoms with Crippen molar-refractivity contribution in [2.45, 2.75) is 6.92 Å². The quantitative estimate of drug-likeness (QED) is 0.790. The highest BCUT2D eigenvalue weighted by molar-refractivity contribution is 6.03. The van der Waals surface area contributed by atoms with Gasteiger partial charge in [-0.25, -0.2) is 13.6 Å². The van der Waals surface area contributed by atoms with E-state index in [0.29, 0.717) is 6.07 Å². The smallest absolute Gasteiger partial charge is 0.340 e. The fraction of sp³-hybridized carbons (Fsp3) is 0.100. The average molecular weight is 212 g/mol. The first-order chi connectivity index (χ1) is 7.00. The number of furan rings is 1. The topological polar surface area (TPSA) is 50.4 Å². The lowest BCUT2D eigenvalue weighted by Crippen LogP contribution is -1.98. The minimum atomic E-state index is -1.29. The molecule has 5 heteroatoms. The van der Waals surface area contributed by atoms with E-state index < -0.39 is 17.6 Å². The predicted molar refractivity (Wildman–Crippen MR) is 47.8 cm³/mol. The van der Waals surface area contributed by atoms with Gasteiger partial charge in [0.2, 0.25) is 0 Å². The monoisotopic (exact) mass is 212 g/mol. The van der Waals surface area contributed by atoms with Gasteiger partial charge in [-0.05, 0) is 6.92 Å². The van der Waals surface area contributed by atoms with Gasteiger partial charge in [-0.1, -0.05) is 0 Å². The second-order valence-corrected chi connectivity index (χ2v) is 3.10. The first-order valence-corrected chi connectivity index (χ1v) is 4.12. The van der Waals surface area contributed by atoms with Crippen molar-refractivity contribution in [1.29, 1.82) is 0 Å². The maximum absolute atomic E-state index is 13.3. The zero-order valence-corrected chi connectivity index (χ0v) is 7.67. The molecule has 2 aromatic rings. The maximum atomic E-state index is 13.3. The number of aromatic carboxylic acids is 1. The molecule has 0 fully saturated rings. The van der Waals surface area contributed by atoms with E-state index in [0.717, 1.165) is 6.07 Å². The lowest BCUT2D eigenvalue weighted by Gasteiger charge is -1.94. The summed E-state index contributed by atoms with van der Waals surface area (Å²) in [6, 6.07) is 1.58. The van der Waals surface area contributed by atoms with Crippen molar-refractivity contribution in [3.05, 3.63) is 35.1 Å². The number of benzene rings is 1. The fourth-order valence-electron chi connectivity index (χ4n) is 1.52. The van der Waals surface area contributed by atoms with Gasteiger partial charge in [-0.2, -0.15) is 0 Å². The SMILES string of the molecule is Cc1oc2cc(F)cc(F)c2c1C(=O)O. The molecule has 0 amide bonds. The number of hydrogen-bond donors (Lipinski definition) is 1. The Bertz CT molecular complexity index is 557. The van der Waals surface area contributed by atoms with E-state index in [1.165, 1.54) is 6.92 Å². The molecule has 15 heavy (non-hydrogen) atoms. The highest BCUT2D eigenvalue weighted by atomic mass is 19.1. The number of halogens is 2. The summed E-state index contributed by atoms with van der Waals surface area (Å²) in [5.41, 5.74) is -0.357. The van der Waals surface area contributed by atoms with Gasteiger partial charge in [-0.3, -0.25) is 0 Å². The zero-order valence-electron chi connectivity index (χ0n) is 7.67. The number of fused-ring (bicyclic) bond motifs is 1. The largest absolute Gasteiger partial charge is 0.478 e. The summed E-state index contributed by atoms with van der Waals surface area (Å²) in [6.45, 7) is 1.39. The molecule has 0 aliphatic heterocycles. The summed E-state index contributed by atoms with van der Waals surface area (Å²) in [5, 5.41) is 8.63. The Morgan fingerprint density at radius 3 is 2.67 bits per heavy atom. The lowest BCUT2D eigenvalue weighted by atomic mass is 10.1. The molecule has 1 aromatic carbocycles. The Labute approximate surface area is 82.9 Å². The Morgan fingerprint density at radius 1 is 1.40 bits per heavy atom. The Balaban J connectivity index is 2.93. The van der Waals surface area contributed by atoms with Crippen LogP contribution in [0.25, 0.3) is 11.0 Å². The number of hydrogen-bond acceptors (Lipinski definition) is 2. The standard InChI is InChI=1S/C10H6F2O3/c1-4-8(10(13)14)9-6(12)2-5(11)3-7(9)15-4/h2-3H,1H3,(H,13,14). The molecule has 3 nitrogen and oxygen atoms in total. The second-order valence-electron chi connectivity index (χ2n) is 3.10. The van der Waals surface area contributed by atoms with Crippen molar-refractivity contribution in [2.24, 2.45) is 0 Å². The van der Waals surface area contributed by atoms with Crippen molar-refractivity contribution >= 4 is 16.9 Å². The van der Waals surface area contributed by atoms with E-state index in [4.69, 9.17) is 9.52 Å². The fourth-order valence-corrected chi connectivity index (χ4v) is 1.52. The summed E-state index contributed by atoms with van der Waals surface area (Å²) in [4.78, 5) is 10.8. The van der Waals surface area contributed by atoms with Crippen LogP contribution in [0, 0.1) is 18.6 Å². The minimum absolute atomic E-state index is 0.0574. The molecule has 0 aliphatic rings. The molecule has 0 saturated heterocycles. The zero-order chi connectivity index (χ0) is 11.2. The van der Waals surface area contributed by atoms with Gasteiger partial charge < -0.3 is 9.52 Å². The molecular formula is C10H6F2O3. The van der Waals surface area contributed by atoms with Crippen LogP contribution in [0.5, 0.6) is 0 Å². The van der Waals surface area contributed by atoms with E-state index in [2.05, 4.69) is 0 Å². The number of carboxylic acid groups (broad SMARTS) is 1. The molecular weight excluding hydrogens is 206 g/mol. The van der Waals surface area contributed by atoms with Gasteiger partial charge in [0.1, 0.15) is 28.5 Å². The number of aryl methyl sites for hydroxylation is 1. The second kappa shape index (κ2) is 3.05. The van der Waals surface area contributed by atoms with Gasteiger partial charge in [-0.15, -0.1) is 0 Å². The van der Waals surface area contributed by atoms with Crippen molar-refractivity contribution in [1.82, 2.24) is 0 Å². The molecule has 2 rings (SSSR count). The van der Waals surface area contributed by atoms with Gasteiger partial charge in [0.25, 0.3) is 0 Å². The van der Waals surface area contributed by atoms with Gasteiger partial charge in [0.05, 0.1) is 5.39 Å². The van der Waals surface area contributed by atoms with Crippen LogP contribution in [0.1, 0.15) is 16.1 Å². The summed E-state index contributed by atoms with van der Waals surface area (Å²) < 4.78 is 31.1. The Hall–Kier alpha value is -1.91. The molecule has 0 atom stereocenters. The van der Waals surface area contributed by atoms with E-state index >= 15 is 0 Å². The van der Waals surface area contributed by atoms with Crippen LogP contribution in [0.3, 0.4) is 0 Å². The van der Waals surface area contributed by atoms with Crippen molar-refractivity contribution in [2.75, 3.05) is 0 Å². The van der Waals surface area contributed by atoms with Crippen LogP contribution in [-0.4, -0.2) is 11.1 Å². The van der Waals surface area contributed by atoms with Crippen LogP contribution >= 0.6 is 0 Å². The average Bonchev–Trinajstić information content (AvgIpc) is 2.40. The van der Waals surface area contributed by atoms with Crippen LogP contribution in [0.2, 0.25) is 0 Å². The summed E-state index contributed by atoms with van der Waals surface area (Å²) in [5.74, 6) is -2.97. The third kappa shape index (κ3) is 1.36. The molecule has 1 aromatic heterocycles. The molecule has 1 heterocycles. The molecule has 0 saturated carbocycles. The van der Waals surface area contributed by atoms with Crippen LogP contribution in [0.15, 0.2) is 16.5 Å². The summed E-state index contributed by atoms with van der Waals surface area (Å²) >= 11 is 0. The van der Waals surface area contributed by atoms with Crippen molar-refractivity contribution in [3.8, 4) is 0 Å². The molecule has 0 bridgehead atoms. The summed E-state index contributed by atoms with van der Waals surface area (Å²) in [7, 11) is 0. The maximum Gasteiger partial charge on any atom is 0.340 e. The normalized spacial score (nSPS) is 10.9. The Kier molecular flexibility index (Phi) is 1.96. The molecule has 1 N–H and O–H groups in total. The molecule has 0 unspecified atom stereocenters. The van der Waals surface area contributed by atoms with Crippen molar-refractivity contribution in [3.63, 3.8) is 0 Å². The lowest BCUT2D eigenvalue weighted by molar-refractivity contribution is 0.0696. The molecule has 0 spiro atoms. The van der Waals surface area contributed by atoms with Crippen LogP contribution in [0.4, 0.5) is 8.78 Å². The van der Waals surface area contributed by atoms with E-state index in [-0.39, 0.29) is 22.3 Å². The van der Waals surface area contributed by atoms with E-state index in [1.807, 2.05) is 0 Å². The highest BCUT2D eigenvalue weighted by Crippen LogP contribution is 2.28. The highest BCUT2D eigenvalue weighted by Gasteiger charge is 2.21. The third-order valence-electron chi connectivity index (χ3n) is 2.10.